The molecule has 3 rings (SSSR count). The van der Waals surface area contributed by atoms with E-state index in [0.717, 1.165) is 17.7 Å². The number of rotatable bonds is 4. The molecule has 1 N–H and O–H groups in total. The van der Waals surface area contributed by atoms with Gasteiger partial charge in [0.25, 0.3) is 0 Å². The Kier molecular flexibility index (Phi) is 6.59. The lowest BCUT2D eigenvalue weighted by Gasteiger charge is -2.28. The summed E-state index contributed by atoms with van der Waals surface area (Å²) in [6.07, 6.45) is -7.22. The van der Waals surface area contributed by atoms with Crippen LogP contribution in [-0.4, -0.2) is 32.0 Å². The molecule has 0 saturated carbocycles. The highest BCUT2D eigenvalue weighted by molar-refractivity contribution is 6.03. The molecule has 2 aromatic carbocycles. The maximum absolute atomic E-state index is 13.3. The monoisotopic (exact) mass is 444 g/mol. The van der Waals surface area contributed by atoms with Gasteiger partial charge in [-0.05, 0) is 36.3 Å². The van der Waals surface area contributed by atoms with Crippen molar-refractivity contribution in [3.63, 3.8) is 0 Å². The molecule has 0 unspecified atom stereocenters. The number of carbonyl (C=O) groups is 1. The fourth-order valence-corrected chi connectivity index (χ4v) is 3.16. The van der Waals surface area contributed by atoms with E-state index in [2.05, 4.69) is 5.32 Å². The van der Waals surface area contributed by atoms with Gasteiger partial charge in [-0.2, -0.15) is 26.3 Å². The molecule has 0 saturated heterocycles. The number of urea groups is 1. The first-order chi connectivity index (χ1) is 14.5. The Balaban J connectivity index is 1.96. The van der Waals surface area contributed by atoms with Gasteiger partial charge >= 0.3 is 18.4 Å². The lowest BCUT2D eigenvalue weighted by Crippen LogP contribution is -2.42. The molecule has 1 aliphatic heterocycles. The van der Waals surface area contributed by atoms with Crippen LogP contribution in [0.15, 0.2) is 54.6 Å². The zero-order valence-corrected chi connectivity index (χ0v) is 16.1. The number of anilines is 2. The van der Waals surface area contributed by atoms with Crippen LogP contribution < -0.4 is 10.2 Å². The van der Waals surface area contributed by atoms with E-state index in [9.17, 15) is 31.1 Å². The lowest BCUT2D eigenvalue weighted by atomic mass is 9.99. The number of carbonyl (C=O) groups excluding carboxylic acids is 1. The van der Waals surface area contributed by atoms with E-state index in [0.29, 0.717) is 36.2 Å². The topological polar surface area (TPSA) is 41.6 Å². The van der Waals surface area contributed by atoms with Gasteiger partial charge in [-0.15, -0.1) is 0 Å². The number of ether oxygens (including phenoxy) is 1. The van der Waals surface area contributed by atoms with Gasteiger partial charge in [0.05, 0.1) is 24.5 Å². The third-order valence-electron chi connectivity index (χ3n) is 4.53. The molecule has 0 atom stereocenters. The molecule has 2 amide bonds. The summed E-state index contributed by atoms with van der Waals surface area (Å²) < 4.78 is 83.8. The maximum Gasteiger partial charge on any atom is 0.416 e. The van der Waals surface area contributed by atoms with E-state index in [4.69, 9.17) is 4.74 Å². The van der Waals surface area contributed by atoms with Crippen molar-refractivity contribution in [3.8, 4) is 0 Å². The molecule has 1 aliphatic rings. The van der Waals surface area contributed by atoms with E-state index >= 15 is 0 Å². The molecule has 0 spiro atoms. The first kappa shape index (κ1) is 22.7. The predicted octanol–water partition coefficient (Wildman–Crippen LogP) is 6.11. The van der Waals surface area contributed by atoms with Crippen molar-refractivity contribution < 1.29 is 35.9 Å². The summed E-state index contributed by atoms with van der Waals surface area (Å²) in [7, 11) is 0. The van der Waals surface area contributed by atoms with Crippen LogP contribution in [-0.2, 0) is 10.9 Å². The second-order valence-corrected chi connectivity index (χ2v) is 6.78. The van der Waals surface area contributed by atoms with Crippen LogP contribution in [0.1, 0.15) is 17.5 Å². The summed E-state index contributed by atoms with van der Waals surface area (Å²) in [6, 6.07) is 8.57. The van der Waals surface area contributed by atoms with Gasteiger partial charge in [0.1, 0.15) is 6.54 Å². The largest absolute Gasteiger partial charge is 0.416 e. The van der Waals surface area contributed by atoms with E-state index in [1.54, 1.807) is 18.2 Å². The van der Waals surface area contributed by atoms with Crippen LogP contribution in [0, 0.1) is 0 Å². The van der Waals surface area contributed by atoms with Crippen LogP contribution in [0.25, 0.3) is 5.57 Å². The summed E-state index contributed by atoms with van der Waals surface area (Å²) in [5.41, 5.74) is -0.150. The second kappa shape index (κ2) is 9.01. The molecule has 1 heterocycles. The van der Waals surface area contributed by atoms with Crippen LogP contribution in [0.2, 0.25) is 0 Å². The average molecular weight is 444 g/mol. The Morgan fingerprint density at radius 1 is 1.03 bits per heavy atom. The molecule has 4 nitrogen and oxygen atoms in total. The Labute approximate surface area is 174 Å². The van der Waals surface area contributed by atoms with Crippen LogP contribution >= 0.6 is 0 Å². The lowest BCUT2D eigenvalue weighted by molar-refractivity contribution is -0.137. The number of para-hydroxylation sites is 1. The number of amides is 2. The van der Waals surface area contributed by atoms with Gasteiger partial charge in [-0.25, -0.2) is 4.79 Å². The minimum Gasteiger partial charge on any atom is -0.377 e. The maximum atomic E-state index is 13.3. The van der Waals surface area contributed by atoms with Crippen LogP contribution in [0.3, 0.4) is 0 Å². The zero-order valence-electron chi connectivity index (χ0n) is 16.1. The summed E-state index contributed by atoms with van der Waals surface area (Å²) in [5, 5.41) is 2.15. The highest BCUT2D eigenvalue weighted by atomic mass is 19.4. The normalized spacial score (nSPS) is 14.7. The van der Waals surface area contributed by atoms with Crippen molar-refractivity contribution in [3.05, 3.63) is 65.7 Å². The molecule has 0 bridgehead atoms. The summed E-state index contributed by atoms with van der Waals surface area (Å²) in [6.45, 7) is -0.937. The summed E-state index contributed by atoms with van der Waals surface area (Å²) in [5.74, 6) is 0. The first-order valence-electron chi connectivity index (χ1n) is 9.23. The van der Waals surface area contributed by atoms with Crippen molar-refractivity contribution in [2.24, 2.45) is 0 Å². The highest BCUT2D eigenvalue weighted by Crippen LogP contribution is 2.34. The molecular weight excluding hydrogens is 426 g/mol. The molecule has 0 fully saturated rings. The SMILES string of the molecule is O=C(Nc1cccc(C(F)(F)F)c1)N(CC(F)(F)F)c1ccccc1C1=CCOCC1. The Bertz CT molecular complexity index is 969. The fourth-order valence-electron chi connectivity index (χ4n) is 3.16. The highest BCUT2D eigenvalue weighted by Gasteiger charge is 2.35. The van der Waals surface area contributed by atoms with Gasteiger partial charge in [-0.3, -0.25) is 4.90 Å². The number of hydrogen-bond donors (Lipinski definition) is 1. The minimum absolute atomic E-state index is 0.00236. The number of hydrogen-bond acceptors (Lipinski definition) is 2. The van der Waals surface area contributed by atoms with Crippen LogP contribution in [0.4, 0.5) is 42.5 Å². The minimum atomic E-state index is -4.73. The molecule has 10 heteroatoms. The van der Waals surface area contributed by atoms with E-state index in [1.807, 2.05) is 0 Å². The van der Waals surface area contributed by atoms with Gasteiger partial charge in [-0.1, -0.05) is 30.3 Å². The third-order valence-corrected chi connectivity index (χ3v) is 4.53. The Morgan fingerprint density at radius 3 is 2.42 bits per heavy atom. The predicted molar refractivity (Wildman–Crippen MR) is 104 cm³/mol. The van der Waals surface area contributed by atoms with Gasteiger partial charge in [0.15, 0.2) is 0 Å². The summed E-state index contributed by atoms with van der Waals surface area (Å²) >= 11 is 0. The van der Waals surface area contributed by atoms with E-state index in [1.165, 1.54) is 18.2 Å². The van der Waals surface area contributed by atoms with Crippen LogP contribution in [0.5, 0.6) is 0 Å². The Hall–Kier alpha value is -3.01. The summed E-state index contributed by atoms with van der Waals surface area (Å²) in [4.78, 5) is 13.3. The van der Waals surface area contributed by atoms with Crippen molar-refractivity contribution in [2.75, 3.05) is 30.0 Å². The second-order valence-electron chi connectivity index (χ2n) is 6.78. The molecule has 166 valence electrons. The number of halogens is 6. The average Bonchev–Trinajstić information content (AvgIpc) is 2.71. The molecule has 2 aromatic rings. The van der Waals surface area contributed by atoms with E-state index < -0.39 is 30.5 Å². The van der Waals surface area contributed by atoms with Gasteiger partial charge in [0, 0.05) is 11.3 Å². The Morgan fingerprint density at radius 2 is 1.77 bits per heavy atom. The zero-order chi connectivity index (χ0) is 22.6. The third kappa shape index (κ3) is 6.00. The number of nitrogens with one attached hydrogen (secondary N) is 1. The van der Waals surface area contributed by atoms with Crippen molar-refractivity contribution >= 4 is 23.0 Å². The molecular formula is C21H18F6N2O2. The molecule has 31 heavy (non-hydrogen) atoms. The quantitative estimate of drug-likeness (QED) is 0.578. The van der Waals surface area contributed by atoms with E-state index in [-0.39, 0.29) is 11.4 Å². The first-order valence-corrected chi connectivity index (χ1v) is 9.23. The molecule has 0 aromatic heterocycles. The molecule has 0 radical (unpaired) electrons. The van der Waals surface area contributed by atoms with Crippen molar-refractivity contribution in [1.29, 1.82) is 0 Å². The fraction of sp³-hybridized carbons (Fsp3) is 0.286. The van der Waals surface area contributed by atoms with Gasteiger partial charge in [0.2, 0.25) is 0 Å². The van der Waals surface area contributed by atoms with Crippen molar-refractivity contribution in [1.82, 2.24) is 0 Å². The van der Waals surface area contributed by atoms with Gasteiger partial charge < -0.3 is 10.1 Å². The smallest absolute Gasteiger partial charge is 0.377 e. The number of nitrogens with zero attached hydrogens (tertiary/aromatic N) is 1. The molecule has 0 aliphatic carbocycles. The number of benzene rings is 2. The number of alkyl halides is 6. The standard InChI is InChI=1S/C21H18F6N2O2/c22-20(23,24)13-29(18-7-2-1-6-17(18)14-8-10-31-11-9-14)19(30)28-16-5-3-4-15(12-16)21(25,26)27/h1-8,12H,9-11,13H2,(H,28,30). The van der Waals surface area contributed by atoms with Crippen molar-refractivity contribution in [2.45, 2.75) is 18.8 Å².